The molecule has 0 atom stereocenters. The zero-order valence-corrected chi connectivity index (χ0v) is 10.8. The Hall–Kier alpha value is -1.26. The molecule has 0 amide bonds. The molecule has 3 N–H and O–H groups in total. The van der Waals surface area contributed by atoms with Crippen molar-refractivity contribution in [2.45, 2.75) is 37.8 Å². The molecule has 18 heavy (non-hydrogen) atoms. The van der Waals surface area contributed by atoms with E-state index in [1.165, 1.54) is 20.0 Å². The molecule has 1 fully saturated rings. The summed E-state index contributed by atoms with van der Waals surface area (Å²) in [7, 11) is 1.53. The van der Waals surface area contributed by atoms with Crippen LogP contribution in [0.25, 0.3) is 0 Å². The molecule has 0 saturated heterocycles. The molecule has 1 aromatic rings. The van der Waals surface area contributed by atoms with Gasteiger partial charge in [-0.1, -0.05) is 18.9 Å². The van der Waals surface area contributed by atoms with Crippen LogP contribution in [-0.4, -0.2) is 29.5 Å². The van der Waals surface area contributed by atoms with Crippen LogP contribution in [-0.2, 0) is 6.54 Å². The second-order valence-corrected chi connectivity index (χ2v) is 5.01. The van der Waals surface area contributed by atoms with E-state index in [0.717, 1.165) is 18.4 Å². The molecule has 1 aromatic carbocycles. The number of phenolic OH excluding ortho intramolecular Hbond substituents is 1. The predicted octanol–water partition coefficient (Wildman–Crippen LogP) is 1.80. The summed E-state index contributed by atoms with van der Waals surface area (Å²) in [5.41, 5.74) is 0.864. The van der Waals surface area contributed by atoms with E-state index < -0.39 is 0 Å². The highest BCUT2D eigenvalue weighted by molar-refractivity contribution is 5.41. The van der Waals surface area contributed by atoms with E-state index in [2.05, 4.69) is 5.32 Å². The zero-order chi connectivity index (χ0) is 13.0. The SMILES string of the molecule is COc1ccc(CNC2(CO)CCCC2)cc1O. The number of benzene rings is 1. The molecule has 1 aliphatic rings. The summed E-state index contributed by atoms with van der Waals surface area (Å²) in [5.74, 6) is 0.637. The highest BCUT2D eigenvalue weighted by Gasteiger charge is 2.32. The minimum absolute atomic E-state index is 0.129. The Labute approximate surface area is 108 Å². The summed E-state index contributed by atoms with van der Waals surface area (Å²) in [6.45, 7) is 0.827. The van der Waals surface area contributed by atoms with Gasteiger partial charge in [0, 0.05) is 12.1 Å². The van der Waals surface area contributed by atoms with Crippen LogP contribution in [0.2, 0.25) is 0 Å². The molecular weight excluding hydrogens is 230 g/mol. The smallest absolute Gasteiger partial charge is 0.160 e. The van der Waals surface area contributed by atoms with E-state index in [1.807, 2.05) is 6.07 Å². The molecule has 0 unspecified atom stereocenters. The van der Waals surface area contributed by atoms with Gasteiger partial charge in [0.2, 0.25) is 0 Å². The lowest BCUT2D eigenvalue weighted by Crippen LogP contribution is -2.45. The number of phenols is 1. The van der Waals surface area contributed by atoms with Crippen LogP contribution in [0.1, 0.15) is 31.2 Å². The van der Waals surface area contributed by atoms with Gasteiger partial charge in [-0.3, -0.25) is 0 Å². The van der Waals surface area contributed by atoms with E-state index in [9.17, 15) is 10.2 Å². The molecule has 100 valence electrons. The maximum atomic E-state index is 9.70. The van der Waals surface area contributed by atoms with Crippen LogP contribution in [0.5, 0.6) is 11.5 Å². The lowest BCUT2D eigenvalue weighted by atomic mass is 9.98. The van der Waals surface area contributed by atoms with Crippen molar-refractivity contribution < 1.29 is 14.9 Å². The number of aliphatic hydroxyl groups is 1. The normalized spacial score (nSPS) is 17.9. The Balaban J connectivity index is 1.99. The Morgan fingerprint density at radius 3 is 2.61 bits per heavy atom. The fraction of sp³-hybridized carbons (Fsp3) is 0.571. The summed E-state index contributed by atoms with van der Waals surface area (Å²) in [6, 6.07) is 5.38. The molecule has 2 rings (SSSR count). The van der Waals surface area contributed by atoms with Crippen molar-refractivity contribution in [1.82, 2.24) is 5.32 Å². The maximum absolute atomic E-state index is 9.70. The quantitative estimate of drug-likeness (QED) is 0.746. The van der Waals surface area contributed by atoms with Crippen LogP contribution >= 0.6 is 0 Å². The Morgan fingerprint density at radius 1 is 1.33 bits per heavy atom. The third kappa shape index (κ3) is 2.76. The molecule has 0 aliphatic heterocycles. The number of aromatic hydroxyl groups is 1. The molecule has 1 aliphatic carbocycles. The summed E-state index contributed by atoms with van der Waals surface area (Å²) in [6.07, 6.45) is 4.38. The van der Waals surface area contributed by atoms with Gasteiger partial charge in [-0.05, 0) is 30.5 Å². The standard InChI is InChI=1S/C14H21NO3/c1-18-13-5-4-11(8-12(13)17)9-15-14(10-16)6-2-3-7-14/h4-5,8,15-17H,2-3,6-7,9-10H2,1H3. The van der Waals surface area contributed by atoms with Crippen molar-refractivity contribution in [3.63, 3.8) is 0 Å². The van der Waals surface area contributed by atoms with E-state index in [4.69, 9.17) is 4.74 Å². The molecular formula is C14H21NO3. The third-order valence-electron chi connectivity index (χ3n) is 3.77. The van der Waals surface area contributed by atoms with Gasteiger partial charge in [-0.25, -0.2) is 0 Å². The lowest BCUT2D eigenvalue weighted by molar-refractivity contribution is 0.163. The Kier molecular flexibility index (Phi) is 4.09. The van der Waals surface area contributed by atoms with Crippen molar-refractivity contribution in [3.05, 3.63) is 23.8 Å². The van der Waals surface area contributed by atoms with Crippen molar-refractivity contribution >= 4 is 0 Å². The minimum Gasteiger partial charge on any atom is -0.504 e. The van der Waals surface area contributed by atoms with Crippen LogP contribution in [0, 0.1) is 0 Å². The fourth-order valence-electron chi connectivity index (χ4n) is 2.58. The molecule has 1 saturated carbocycles. The molecule has 4 nitrogen and oxygen atoms in total. The number of aliphatic hydroxyl groups excluding tert-OH is 1. The summed E-state index contributed by atoms with van der Waals surface area (Å²) < 4.78 is 5.01. The maximum Gasteiger partial charge on any atom is 0.160 e. The number of rotatable bonds is 5. The van der Waals surface area contributed by atoms with E-state index >= 15 is 0 Å². The molecule has 4 heteroatoms. The Morgan fingerprint density at radius 2 is 2.06 bits per heavy atom. The van der Waals surface area contributed by atoms with Gasteiger partial charge in [-0.2, -0.15) is 0 Å². The van der Waals surface area contributed by atoms with Crippen molar-refractivity contribution in [2.24, 2.45) is 0 Å². The molecule has 0 spiro atoms. The molecule has 0 heterocycles. The van der Waals surface area contributed by atoms with Crippen LogP contribution in [0.15, 0.2) is 18.2 Å². The van der Waals surface area contributed by atoms with Gasteiger partial charge in [0.25, 0.3) is 0 Å². The fourth-order valence-corrected chi connectivity index (χ4v) is 2.58. The van der Waals surface area contributed by atoms with Crippen molar-refractivity contribution in [2.75, 3.05) is 13.7 Å². The first-order valence-electron chi connectivity index (χ1n) is 6.41. The highest BCUT2D eigenvalue weighted by Crippen LogP contribution is 2.30. The second kappa shape index (κ2) is 5.59. The van der Waals surface area contributed by atoms with Crippen LogP contribution in [0.4, 0.5) is 0 Å². The number of hydrogen-bond donors (Lipinski definition) is 3. The van der Waals surface area contributed by atoms with Crippen molar-refractivity contribution in [3.8, 4) is 11.5 Å². The van der Waals surface area contributed by atoms with E-state index in [-0.39, 0.29) is 17.9 Å². The van der Waals surface area contributed by atoms with Gasteiger partial charge in [0.15, 0.2) is 11.5 Å². The number of nitrogens with one attached hydrogen (secondary N) is 1. The number of ether oxygens (including phenoxy) is 1. The molecule has 0 bridgehead atoms. The Bertz CT molecular complexity index is 400. The zero-order valence-electron chi connectivity index (χ0n) is 10.8. The summed E-state index contributed by atoms with van der Waals surface area (Å²) >= 11 is 0. The number of methoxy groups -OCH3 is 1. The topological polar surface area (TPSA) is 61.7 Å². The van der Waals surface area contributed by atoms with Crippen LogP contribution < -0.4 is 10.1 Å². The summed E-state index contributed by atoms with van der Waals surface area (Å²) in [5, 5.41) is 22.6. The minimum atomic E-state index is -0.129. The molecule has 0 radical (unpaired) electrons. The van der Waals surface area contributed by atoms with Crippen LogP contribution in [0.3, 0.4) is 0 Å². The summed E-state index contributed by atoms with van der Waals surface area (Å²) in [4.78, 5) is 0. The lowest BCUT2D eigenvalue weighted by Gasteiger charge is -2.28. The van der Waals surface area contributed by atoms with Crippen molar-refractivity contribution in [1.29, 1.82) is 0 Å². The monoisotopic (exact) mass is 251 g/mol. The van der Waals surface area contributed by atoms with Gasteiger partial charge >= 0.3 is 0 Å². The second-order valence-electron chi connectivity index (χ2n) is 5.01. The first-order chi connectivity index (χ1) is 8.69. The van der Waals surface area contributed by atoms with Gasteiger partial charge < -0.3 is 20.3 Å². The van der Waals surface area contributed by atoms with E-state index in [0.29, 0.717) is 12.3 Å². The largest absolute Gasteiger partial charge is 0.504 e. The average molecular weight is 251 g/mol. The van der Waals surface area contributed by atoms with Gasteiger partial charge in [0.1, 0.15) is 0 Å². The highest BCUT2D eigenvalue weighted by atomic mass is 16.5. The average Bonchev–Trinajstić information content (AvgIpc) is 2.86. The van der Waals surface area contributed by atoms with Gasteiger partial charge in [-0.15, -0.1) is 0 Å². The first-order valence-corrected chi connectivity index (χ1v) is 6.41. The predicted molar refractivity (Wildman–Crippen MR) is 69.8 cm³/mol. The van der Waals surface area contributed by atoms with Gasteiger partial charge in [0.05, 0.1) is 13.7 Å². The molecule has 0 aromatic heterocycles. The third-order valence-corrected chi connectivity index (χ3v) is 3.77. The first kappa shape index (κ1) is 13.2. The van der Waals surface area contributed by atoms with E-state index in [1.54, 1.807) is 12.1 Å². The number of hydrogen-bond acceptors (Lipinski definition) is 4.